The maximum absolute atomic E-state index is 5.25. The highest BCUT2D eigenvalue weighted by Crippen LogP contribution is 2.44. The highest BCUT2D eigenvalue weighted by molar-refractivity contribution is 6.21. The molecule has 246 valence electrons. The zero-order valence-corrected chi connectivity index (χ0v) is 28.9. The molecule has 9 aromatic rings. The normalized spacial score (nSPS) is 11.3. The Balaban J connectivity index is 1.20. The van der Waals surface area contributed by atoms with Gasteiger partial charge in [0.05, 0.1) is 22.8 Å². The second kappa shape index (κ2) is 12.8. The first-order chi connectivity index (χ1) is 25.6. The highest BCUT2D eigenvalue weighted by Gasteiger charge is 2.19. The lowest BCUT2D eigenvalue weighted by Crippen LogP contribution is -1.99. The molecule has 0 spiro atoms. The highest BCUT2D eigenvalue weighted by atomic mass is 15.1. The smallest absolute Gasteiger partial charge is 0.145 e. The van der Waals surface area contributed by atoms with E-state index in [0.717, 1.165) is 61.8 Å². The molecule has 2 heterocycles. The average Bonchev–Trinajstić information content (AvgIpc) is 3.59. The van der Waals surface area contributed by atoms with Crippen LogP contribution in [0, 0.1) is 6.92 Å². The van der Waals surface area contributed by atoms with E-state index in [1.807, 2.05) is 24.3 Å². The molecule has 2 aromatic heterocycles. The van der Waals surface area contributed by atoms with Gasteiger partial charge in [0, 0.05) is 22.4 Å². The van der Waals surface area contributed by atoms with Crippen LogP contribution >= 0.6 is 0 Å². The van der Waals surface area contributed by atoms with Crippen molar-refractivity contribution in [3.63, 3.8) is 0 Å². The van der Waals surface area contributed by atoms with Gasteiger partial charge in [-0.25, -0.2) is 9.97 Å². The monoisotopic (exact) mass is 665 g/mol. The first-order valence-corrected chi connectivity index (χ1v) is 17.6. The fourth-order valence-electron chi connectivity index (χ4n) is 7.54. The van der Waals surface area contributed by atoms with Crippen LogP contribution in [0.15, 0.2) is 171 Å². The number of nitrogens with zero attached hydrogens (tertiary/aromatic N) is 3. The second-order valence-electron chi connectivity index (χ2n) is 13.2. The van der Waals surface area contributed by atoms with E-state index in [9.17, 15) is 0 Å². The summed E-state index contributed by atoms with van der Waals surface area (Å²) >= 11 is 0. The molecule has 52 heavy (non-hydrogen) atoms. The van der Waals surface area contributed by atoms with Crippen LogP contribution in [0.1, 0.15) is 17.0 Å². The van der Waals surface area contributed by atoms with Crippen LogP contribution in [0.25, 0.3) is 95.2 Å². The minimum absolute atomic E-state index is 0.809. The standard InChI is InChI=1S/C49H35N3/c1-4-43-46(5-2)52(38-14-7-6-8-15-38)49(51-43)37-29-27-34-30-36(28-26-35(34)31-37)47-39-16-9-11-18-41(39)48(42-19-12-10-17-40(42)47)45-21-13-20-44(50-45)33-24-22-32(3)23-25-33/h4-31H,1-2H2,3H3. The summed E-state index contributed by atoms with van der Waals surface area (Å²) in [5.41, 5.74) is 11.6. The van der Waals surface area contributed by atoms with E-state index in [4.69, 9.17) is 9.97 Å². The molecule has 0 bridgehead atoms. The number of imidazole rings is 1. The predicted molar refractivity (Wildman–Crippen MR) is 221 cm³/mol. The van der Waals surface area contributed by atoms with Gasteiger partial charge in [0.2, 0.25) is 0 Å². The third kappa shape index (κ3) is 5.23. The maximum Gasteiger partial charge on any atom is 0.145 e. The number of hydrogen-bond donors (Lipinski definition) is 0. The van der Waals surface area contributed by atoms with Gasteiger partial charge in [-0.1, -0.05) is 140 Å². The molecule has 0 radical (unpaired) electrons. The number of aryl methyl sites for hydroxylation is 1. The van der Waals surface area contributed by atoms with E-state index >= 15 is 0 Å². The molecule has 0 aliphatic heterocycles. The van der Waals surface area contributed by atoms with Gasteiger partial charge in [-0.05, 0) is 98.9 Å². The molecule has 0 fully saturated rings. The number of pyridine rings is 1. The van der Waals surface area contributed by atoms with Gasteiger partial charge in [-0.2, -0.15) is 0 Å². The Morgan fingerprint density at radius 1 is 0.481 bits per heavy atom. The van der Waals surface area contributed by atoms with Gasteiger partial charge in [0.25, 0.3) is 0 Å². The van der Waals surface area contributed by atoms with Crippen molar-refractivity contribution in [3.05, 3.63) is 188 Å². The first-order valence-electron chi connectivity index (χ1n) is 17.6. The molecular weight excluding hydrogens is 631 g/mol. The second-order valence-corrected chi connectivity index (χ2v) is 13.2. The Morgan fingerprint density at radius 2 is 1.04 bits per heavy atom. The Hall–Kier alpha value is -6.84. The van der Waals surface area contributed by atoms with E-state index in [2.05, 4.69) is 164 Å². The summed E-state index contributed by atoms with van der Waals surface area (Å²) in [7, 11) is 0. The lowest BCUT2D eigenvalue weighted by atomic mass is 9.86. The molecule has 3 nitrogen and oxygen atoms in total. The lowest BCUT2D eigenvalue weighted by Gasteiger charge is -2.18. The molecule has 0 unspecified atom stereocenters. The summed E-state index contributed by atoms with van der Waals surface area (Å²) in [6.45, 7) is 10.2. The molecule has 0 aliphatic carbocycles. The van der Waals surface area contributed by atoms with Crippen LogP contribution in [-0.2, 0) is 0 Å². The molecule has 0 saturated carbocycles. The van der Waals surface area contributed by atoms with Crippen molar-refractivity contribution in [2.75, 3.05) is 0 Å². The summed E-state index contributed by atoms with van der Waals surface area (Å²) < 4.78 is 2.16. The minimum atomic E-state index is 0.809. The van der Waals surface area contributed by atoms with E-state index in [0.29, 0.717) is 0 Å². The van der Waals surface area contributed by atoms with Crippen LogP contribution in [0.4, 0.5) is 0 Å². The minimum Gasteiger partial charge on any atom is -0.292 e. The third-order valence-corrected chi connectivity index (χ3v) is 10.0. The third-order valence-electron chi connectivity index (χ3n) is 10.0. The maximum atomic E-state index is 5.25. The number of rotatable bonds is 7. The number of aromatic nitrogens is 3. The van der Waals surface area contributed by atoms with Crippen molar-refractivity contribution in [1.82, 2.24) is 14.5 Å². The van der Waals surface area contributed by atoms with Gasteiger partial charge in [0.1, 0.15) is 5.82 Å². The van der Waals surface area contributed by atoms with Gasteiger partial charge in [0.15, 0.2) is 0 Å². The largest absolute Gasteiger partial charge is 0.292 e. The van der Waals surface area contributed by atoms with Crippen LogP contribution in [0.5, 0.6) is 0 Å². The Bertz CT molecular complexity index is 2770. The Morgan fingerprint density at radius 3 is 1.67 bits per heavy atom. The lowest BCUT2D eigenvalue weighted by molar-refractivity contribution is 1.05. The van der Waals surface area contributed by atoms with Crippen LogP contribution in [-0.4, -0.2) is 14.5 Å². The Kier molecular flexibility index (Phi) is 7.67. The summed E-state index contributed by atoms with van der Waals surface area (Å²) in [6, 6.07) is 56.1. The molecular formula is C49H35N3. The number of benzene rings is 7. The van der Waals surface area contributed by atoms with Crippen LogP contribution in [0.3, 0.4) is 0 Å². The van der Waals surface area contributed by atoms with Crippen molar-refractivity contribution < 1.29 is 0 Å². The summed E-state index contributed by atoms with van der Waals surface area (Å²) in [5.74, 6) is 0.856. The number of para-hydroxylation sites is 1. The van der Waals surface area contributed by atoms with Crippen molar-refractivity contribution >= 4 is 44.5 Å². The van der Waals surface area contributed by atoms with Crippen molar-refractivity contribution in [2.24, 2.45) is 0 Å². The molecule has 0 atom stereocenters. The van der Waals surface area contributed by atoms with Gasteiger partial charge < -0.3 is 0 Å². The first kappa shape index (κ1) is 31.2. The number of hydrogen-bond acceptors (Lipinski definition) is 2. The molecule has 0 saturated heterocycles. The van der Waals surface area contributed by atoms with Crippen LogP contribution in [0.2, 0.25) is 0 Å². The van der Waals surface area contributed by atoms with Gasteiger partial charge in [-0.3, -0.25) is 4.57 Å². The van der Waals surface area contributed by atoms with E-state index < -0.39 is 0 Å². The summed E-state index contributed by atoms with van der Waals surface area (Å²) in [4.78, 5) is 10.3. The molecule has 9 rings (SSSR count). The fraction of sp³-hybridized carbons (Fsp3) is 0.0204. The van der Waals surface area contributed by atoms with Gasteiger partial charge >= 0.3 is 0 Å². The Labute approximate surface area is 303 Å². The predicted octanol–water partition coefficient (Wildman–Crippen LogP) is 13.0. The zero-order chi connectivity index (χ0) is 35.2. The van der Waals surface area contributed by atoms with E-state index in [1.165, 1.54) is 38.2 Å². The SMILES string of the molecule is C=Cc1nc(-c2ccc3cc(-c4c5ccccc5c(-c5cccc(-c6ccc(C)cc6)n5)c5ccccc45)ccc3c2)n(-c2ccccc2)c1C=C. The molecule has 0 N–H and O–H groups in total. The van der Waals surface area contributed by atoms with Crippen molar-refractivity contribution in [1.29, 1.82) is 0 Å². The van der Waals surface area contributed by atoms with E-state index in [1.54, 1.807) is 6.08 Å². The quantitative estimate of drug-likeness (QED) is 0.159. The number of fused-ring (bicyclic) bond motifs is 3. The van der Waals surface area contributed by atoms with Crippen molar-refractivity contribution in [3.8, 4) is 50.7 Å². The average molecular weight is 666 g/mol. The molecule has 0 amide bonds. The summed E-state index contributed by atoms with van der Waals surface area (Å²) in [6.07, 6.45) is 3.65. The van der Waals surface area contributed by atoms with Crippen molar-refractivity contribution in [2.45, 2.75) is 6.92 Å². The topological polar surface area (TPSA) is 30.7 Å². The molecule has 7 aromatic carbocycles. The summed E-state index contributed by atoms with van der Waals surface area (Å²) in [5, 5.41) is 7.08. The fourth-order valence-corrected chi connectivity index (χ4v) is 7.54. The molecule has 3 heteroatoms. The van der Waals surface area contributed by atoms with Gasteiger partial charge in [-0.15, -0.1) is 0 Å². The van der Waals surface area contributed by atoms with E-state index in [-0.39, 0.29) is 0 Å². The molecule has 0 aliphatic rings. The zero-order valence-electron chi connectivity index (χ0n) is 28.9. The van der Waals surface area contributed by atoms with Crippen LogP contribution < -0.4 is 0 Å².